The molecule has 0 fully saturated rings. The summed E-state index contributed by atoms with van der Waals surface area (Å²) in [5.41, 5.74) is 1.13. The van der Waals surface area contributed by atoms with Crippen molar-refractivity contribution in [2.24, 2.45) is 0 Å². The number of nitrogens with one attached hydrogen (secondary N) is 1. The van der Waals surface area contributed by atoms with E-state index in [1.807, 2.05) is 0 Å². The average Bonchev–Trinajstić information content (AvgIpc) is 2.94. The van der Waals surface area contributed by atoms with Gasteiger partial charge in [-0.15, -0.1) is 0 Å². The van der Waals surface area contributed by atoms with E-state index in [0.717, 1.165) is 0 Å². The molecule has 1 aromatic carbocycles. The van der Waals surface area contributed by atoms with Crippen LogP contribution in [0.5, 0.6) is 0 Å². The van der Waals surface area contributed by atoms with Crippen LogP contribution in [0, 0.1) is 0 Å². The number of carbonyl (C=O) groups is 1. The van der Waals surface area contributed by atoms with Crippen LogP contribution in [-0.4, -0.2) is 34.8 Å². The maximum atomic E-state index is 11.4. The Morgan fingerprint density at radius 3 is 2.76 bits per heavy atom. The van der Waals surface area contributed by atoms with Crippen molar-refractivity contribution in [3.05, 3.63) is 48.0 Å². The summed E-state index contributed by atoms with van der Waals surface area (Å²) in [6, 6.07) is 6.52. The maximum absolute atomic E-state index is 11.4. The van der Waals surface area contributed by atoms with Crippen LogP contribution in [0.4, 0.5) is 0 Å². The maximum Gasteiger partial charge on any atom is 0.337 e. The highest BCUT2D eigenvalue weighted by Gasteiger charge is 2.12. The summed E-state index contributed by atoms with van der Waals surface area (Å²) in [7, 11) is -3.29. The van der Waals surface area contributed by atoms with Gasteiger partial charge in [-0.05, 0) is 19.1 Å². The van der Waals surface area contributed by atoms with Crippen molar-refractivity contribution in [3.8, 4) is 5.69 Å². The van der Waals surface area contributed by atoms with Gasteiger partial charge in [-0.2, -0.15) is 0 Å². The Labute approximate surface area is 122 Å². The molecule has 8 heteroatoms. The Morgan fingerprint density at radius 1 is 1.38 bits per heavy atom. The number of carboxylic acid groups (broad SMARTS) is 1. The fourth-order valence-corrected chi connectivity index (χ4v) is 2.32. The molecule has 7 nitrogen and oxygen atoms in total. The summed E-state index contributed by atoms with van der Waals surface area (Å²) in [6.45, 7) is 1.61. The Bertz CT molecular complexity index is 752. The number of nitrogens with zero attached hydrogens (tertiary/aromatic N) is 2. The van der Waals surface area contributed by atoms with E-state index in [1.165, 1.54) is 12.4 Å². The van der Waals surface area contributed by atoms with Crippen LogP contribution < -0.4 is 4.72 Å². The van der Waals surface area contributed by atoms with Crippen LogP contribution in [0.3, 0.4) is 0 Å². The lowest BCUT2D eigenvalue weighted by molar-refractivity contribution is 0.0697. The molecule has 0 atom stereocenters. The Morgan fingerprint density at radius 2 is 2.10 bits per heavy atom. The summed E-state index contributed by atoms with van der Waals surface area (Å²) in [5, 5.41) is 9.15. The van der Waals surface area contributed by atoms with Gasteiger partial charge >= 0.3 is 5.97 Å². The van der Waals surface area contributed by atoms with E-state index in [9.17, 15) is 13.2 Å². The van der Waals surface area contributed by atoms with Crippen LogP contribution in [-0.2, 0) is 16.6 Å². The lowest BCUT2D eigenvalue weighted by Gasteiger charge is -2.05. The van der Waals surface area contributed by atoms with E-state index in [2.05, 4.69) is 9.71 Å². The number of imidazole rings is 1. The number of carboxylic acids is 1. The van der Waals surface area contributed by atoms with Gasteiger partial charge in [0.15, 0.2) is 0 Å². The third kappa shape index (κ3) is 3.67. The molecule has 0 bridgehead atoms. The van der Waals surface area contributed by atoms with Crippen LogP contribution in [0.1, 0.15) is 23.0 Å². The van der Waals surface area contributed by atoms with Crippen molar-refractivity contribution in [2.45, 2.75) is 13.5 Å². The van der Waals surface area contributed by atoms with Gasteiger partial charge in [0.1, 0.15) is 0 Å². The molecular formula is C13H15N3O4S. The molecule has 2 aromatic rings. The number of aromatic nitrogens is 2. The predicted octanol–water partition coefficient (Wildman–Crippen LogP) is 1.01. The molecule has 0 radical (unpaired) electrons. The fourth-order valence-electron chi connectivity index (χ4n) is 1.75. The number of aromatic carboxylic acids is 1. The van der Waals surface area contributed by atoms with Crippen molar-refractivity contribution in [2.75, 3.05) is 5.75 Å². The molecule has 2 rings (SSSR count). The average molecular weight is 309 g/mol. The number of rotatable bonds is 6. The van der Waals surface area contributed by atoms with Gasteiger partial charge in [-0.1, -0.05) is 12.1 Å². The minimum Gasteiger partial charge on any atom is -0.478 e. The fraction of sp³-hybridized carbons (Fsp3) is 0.231. The van der Waals surface area contributed by atoms with Gasteiger partial charge < -0.3 is 9.67 Å². The molecule has 0 amide bonds. The lowest BCUT2D eigenvalue weighted by atomic mass is 10.2. The second-order valence-electron chi connectivity index (χ2n) is 4.32. The zero-order valence-electron chi connectivity index (χ0n) is 11.4. The summed E-state index contributed by atoms with van der Waals surface area (Å²) in [5.74, 6) is -1.04. The van der Waals surface area contributed by atoms with Crippen molar-refractivity contribution >= 4 is 16.0 Å². The van der Waals surface area contributed by atoms with Crippen LogP contribution in [0.25, 0.3) is 5.69 Å². The molecular weight excluding hydrogens is 294 g/mol. The van der Waals surface area contributed by atoms with Crippen molar-refractivity contribution in [1.82, 2.24) is 14.3 Å². The highest BCUT2D eigenvalue weighted by molar-refractivity contribution is 7.89. The Balaban J connectivity index is 2.23. The van der Waals surface area contributed by atoms with E-state index in [1.54, 1.807) is 35.9 Å². The topological polar surface area (TPSA) is 101 Å². The molecule has 21 heavy (non-hydrogen) atoms. The summed E-state index contributed by atoms with van der Waals surface area (Å²) in [4.78, 5) is 15.2. The van der Waals surface area contributed by atoms with Crippen molar-refractivity contribution in [1.29, 1.82) is 0 Å². The number of para-hydroxylation sites is 1. The van der Waals surface area contributed by atoms with Crippen molar-refractivity contribution < 1.29 is 18.3 Å². The predicted molar refractivity (Wildman–Crippen MR) is 76.8 cm³/mol. The van der Waals surface area contributed by atoms with Crippen molar-refractivity contribution in [3.63, 3.8) is 0 Å². The van der Waals surface area contributed by atoms with E-state index in [0.29, 0.717) is 11.4 Å². The zero-order valence-corrected chi connectivity index (χ0v) is 12.2. The Hall–Kier alpha value is -2.19. The molecule has 0 unspecified atom stereocenters. The first-order valence-corrected chi connectivity index (χ1v) is 7.91. The second-order valence-corrected chi connectivity index (χ2v) is 6.41. The SMILES string of the molecule is CCS(=O)(=O)NCc1cn(-c2ccccc2C(=O)O)cn1. The minimum absolute atomic E-state index is 0.00441. The summed E-state index contributed by atoms with van der Waals surface area (Å²) in [6.07, 6.45) is 3.05. The first-order valence-electron chi connectivity index (χ1n) is 6.26. The minimum atomic E-state index is -3.29. The molecule has 0 aliphatic rings. The summed E-state index contributed by atoms with van der Waals surface area (Å²) < 4.78 is 26.7. The molecule has 1 heterocycles. The molecule has 112 valence electrons. The first-order chi connectivity index (χ1) is 9.93. The van der Waals surface area contributed by atoms with Gasteiger partial charge in [0, 0.05) is 6.20 Å². The molecule has 1 aromatic heterocycles. The zero-order chi connectivity index (χ0) is 15.5. The largest absolute Gasteiger partial charge is 0.478 e. The van der Waals surface area contributed by atoms with E-state index < -0.39 is 16.0 Å². The smallest absolute Gasteiger partial charge is 0.337 e. The molecule has 2 N–H and O–H groups in total. The first kappa shape index (κ1) is 15.2. The number of hydrogen-bond donors (Lipinski definition) is 2. The highest BCUT2D eigenvalue weighted by Crippen LogP contribution is 2.15. The lowest BCUT2D eigenvalue weighted by Crippen LogP contribution is -2.24. The van der Waals surface area contributed by atoms with Gasteiger partial charge in [-0.25, -0.2) is 22.9 Å². The second kappa shape index (κ2) is 6.06. The van der Waals surface area contributed by atoms with Crippen LogP contribution >= 0.6 is 0 Å². The van der Waals surface area contributed by atoms with E-state index >= 15 is 0 Å². The number of benzene rings is 1. The number of sulfonamides is 1. The normalized spacial score (nSPS) is 11.5. The van der Waals surface area contributed by atoms with Gasteiger partial charge in [-0.3, -0.25) is 0 Å². The van der Waals surface area contributed by atoms with E-state index in [4.69, 9.17) is 5.11 Å². The number of hydrogen-bond acceptors (Lipinski definition) is 4. The highest BCUT2D eigenvalue weighted by atomic mass is 32.2. The van der Waals surface area contributed by atoms with Gasteiger partial charge in [0.2, 0.25) is 10.0 Å². The third-order valence-electron chi connectivity index (χ3n) is 2.90. The van der Waals surface area contributed by atoms with Gasteiger partial charge in [0.05, 0.1) is 35.6 Å². The van der Waals surface area contributed by atoms with Crippen LogP contribution in [0.15, 0.2) is 36.8 Å². The van der Waals surface area contributed by atoms with Crippen LogP contribution in [0.2, 0.25) is 0 Å². The molecule has 0 saturated carbocycles. The standard InChI is InChI=1S/C13H15N3O4S/c1-2-21(19,20)15-7-10-8-16(9-14-10)12-6-4-3-5-11(12)13(17)18/h3-6,8-9,15H,2,7H2,1H3,(H,17,18). The molecule has 0 spiro atoms. The summed E-state index contributed by atoms with van der Waals surface area (Å²) >= 11 is 0. The Kier molecular flexibility index (Phi) is 4.39. The quantitative estimate of drug-likeness (QED) is 0.829. The van der Waals surface area contributed by atoms with E-state index in [-0.39, 0.29) is 17.9 Å². The molecule has 0 aliphatic heterocycles. The molecule has 0 aliphatic carbocycles. The molecule has 0 saturated heterocycles. The third-order valence-corrected chi connectivity index (χ3v) is 4.25. The monoisotopic (exact) mass is 309 g/mol. The van der Waals surface area contributed by atoms with Gasteiger partial charge in [0.25, 0.3) is 0 Å².